The first kappa shape index (κ1) is 22.7. The predicted octanol–water partition coefficient (Wildman–Crippen LogP) is 3.80. The zero-order chi connectivity index (χ0) is 17.8. The van der Waals surface area contributed by atoms with E-state index < -0.39 is 17.3 Å². The first-order chi connectivity index (χ1) is 10.5. The smallest absolute Gasteiger partial charge is 0.349 e. The highest BCUT2D eigenvalue weighted by Gasteiger charge is 2.31. The van der Waals surface area contributed by atoms with E-state index >= 15 is 0 Å². The first-order valence-corrected chi connectivity index (χ1v) is 7.68. The maximum absolute atomic E-state index is 12.5. The van der Waals surface area contributed by atoms with Crippen LogP contribution in [0.2, 0.25) is 0 Å². The van der Waals surface area contributed by atoms with Crippen LogP contribution < -0.4 is 11.1 Å². The van der Waals surface area contributed by atoms with Crippen LogP contribution >= 0.6 is 12.4 Å². The lowest BCUT2D eigenvalue weighted by Crippen LogP contribution is -2.56. The van der Waals surface area contributed by atoms with Crippen molar-refractivity contribution in [2.45, 2.75) is 45.8 Å². The molecule has 138 valence electrons. The normalized spacial score (nSPS) is 15.4. The lowest BCUT2D eigenvalue weighted by molar-refractivity contribution is -0.137. The summed E-state index contributed by atoms with van der Waals surface area (Å²) < 4.78 is 37.6. The molecule has 0 bridgehead atoms. The van der Waals surface area contributed by atoms with Gasteiger partial charge in [0.1, 0.15) is 0 Å². The maximum atomic E-state index is 12.5. The average Bonchev–Trinajstić information content (AvgIpc) is 2.46. The van der Waals surface area contributed by atoms with E-state index in [1.54, 1.807) is 6.92 Å². The SMILES string of the molecule is CC(Cc1ccc(C(F)(F)F)cc1)C(=O)NC(C)(CN)C(C)C.Cl. The number of hydrogen-bond donors (Lipinski definition) is 2. The summed E-state index contributed by atoms with van der Waals surface area (Å²) in [7, 11) is 0. The molecule has 24 heavy (non-hydrogen) atoms. The third kappa shape index (κ3) is 5.98. The molecule has 1 aromatic rings. The van der Waals surface area contributed by atoms with E-state index in [2.05, 4.69) is 5.32 Å². The highest BCUT2D eigenvalue weighted by molar-refractivity contribution is 5.85. The Morgan fingerprint density at radius 3 is 2.04 bits per heavy atom. The van der Waals surface area contributed by atoms with E-state index in [0.717, 1.165) is 12.1 Å². The molecule has 7 heteroatoms. The van der Waals surface area contributed by atoms with Gasteiger partial charge < -0.3 is 11.1 Å². The molecule has 0 fully saturated rings. The molecular weight excluding hydrogens is 341 g/mol. The van der Waals surface area contributed by atoms with Gasteiger partial charge >= 0.3 is 6.18 Å². The molecule has 0 saturated carbocycles. The molecule has 0 spiro atoms. The number of benzene rings is 1. The van der Waals surface area contributed by atoms with E-state index in [1.165, 1.54) is 12.1 Å². The molecule has 1 aromatic carbocycles. The summed E-state index contributed by atoms with van der Waals surface area (Å²) in [6, 6.07) is 4.91. The van der Waals surface area contributed by atoms with Crippen LogP contribution in [0.5, 0.6) is 0 Å². The molecule has 2 unspecified atom stereocenters. The van der Waals surface area contributed by atoms with Crippen molar-refractivity contribution in [3.63, 3.8) is 0 Å². The van der Waals surface area contributed by atoms with E-state index in [0.29, 0.717) is 18.5 Å². The Labute approximate surface area is 147 Å². The average molecular weight is 367 g/mol. The molecule has 3 N–H and O–H groups in total. The van der Waals surface area contributed by atoms with Crippen molar-refractivity contribution in [3.05, 3.63) is 35.4 Å². The second kappa shape index (κ2) is 8.72. The maximum Gasteiger partial charge on any atom is 0.416 e. The molecule has 0 saturated heterocycles. The highest BCUT2D eigenvalue weighted by atomic mass is 35.5. The molecule has 3 nitrogen and oxygen atoms in total. The number of carbonyl (C=O) groups excluding carboxylic acids is 1. The topological polar surface area (TPSA) is 55.1 Å². The van der Waals surface area contributed by atoms with Crippen LogP contribution in [-0.2, 0) is 17.4 Å². The van der Waals surface area contributed by atoms with Gasteiger partial charge in [0.2, 0.25) is 5.91 Å². The quantitative estimate of drug-likeness (QED) is 0.804. The van der Waals surface area contributed by atoms with E-state index in [-0.39, 0.29) is 30.2 Å². The van der Waals surface area contributed by atoms with Crippen molar-refractivity contribution >= 4 is 18.3 Å². The third-order valence-electron chi connectivity index (χ3n) is 4.38. The largest absolute Gasteiger partial charge is 0.416 e. The minimum absolute atomic E-state index is 0. The highest BCUT2D eigenvalue weighted by Crippen LogP contribution is 2.29. The van der Waals surface area contributed by atoms with Crippen molar-refractivity contribution in [1.29, 1.82) is 0 Å². The Hall–Kier alpha value is -1.27. The Morgan fingerprint density at radius 1 is 1.17 bits per heavy atom. The van der Waals surface area contributed by atoms with Crippen LogP contribution in [0.15, 0.2) is 24.3 Å². The first-order valence-electron chi connectivity index (χ1n) is 7.68. The summed E-state index contributed by atoms with van der Waals surface area (Å²) in [5, 5.41) is 2.95. The molecule has 0 radical (unpaired) electrons. The van der Waals surface area contributed by atoms with Gasteiger partial charge in [0, 0.05) is 12.5 Å². The molecule has 0 heterocycles. The van der Waals surface area contributed by atoms with E-state index in [1.807, 2.05) is 20.8 Å². The fourth-order valence-corrected chi connectivity index (χ4v) is 2.11. The van der Waals surface area contributed by atoms with Crippen molar-refractivity contribution < 1.29 is 18.0 Å². The van der Waals surface area contributed by atoms with Crippen LogP contribution in [-0.4, -0.2) is 18.0 Å². The molecule has 1 rings (SSSR count). The van der Waals surface area contributed by atoms with E-state index in [4.69, 9.17) is 5.73 Å². The Bertz CT molecular complexity index is 532. The number of hydrogen-bond acceptors (Lipinski definition) is 2. The summed E-state index contributed by atoms with van der Waals surface area (Å²) >= 11 is 0. The van der Waals surface area contributed by atoms with Gasteiger partial charge in [-0.05, 0) is 37.0 Å². The summed E-state index contributed by atoms with van der Waals surface area (Å²) in [5.41, 5.74) is 5.26. The zero-order valence-electron chi connectivity index (χ0n) is 14.4. The van der Waals surface area contributed by atoms with Gasteiger partial charge in [0.25, 0.3) is 0 Å². The number of carbonyl (C=O) groups is 1. The fourth-order valence-electron chi connectivity index (χ4n) is 2.11. The van der Waals surface area contributed by atoms with E-state index in [9.17, 15) is 18.0 Å². The Kier molecular flexibility index (Phi) is 8.26. The number of nitrogens with two attached hydrogens (primary N) is 1. The van der Waals surface area contributed by atoms with Crippen molar-refractivity contribution in [1.82, 2.24) is 5.32 Å². The molecule has 0 aliphatic heterocycles. The molecule has 2 atom stereocenters. The zero-order valence-corrected chi connectivity index (χ0v) is 15.2. The van der Waals surface area contributed by atoms with Gasteiger partial charge in [-0.25, -0.2) is 0 Å². The van der Waals surface area contributed by atoms with Gasteiger partial charge in [-0.15, -0.1) is 12.4 Å². The molecule has 0 aliphatic carbocycles. The number of alkyl halides is 3. The number of halogens is 4. The summed E-state index contributed by atoms with van der Waals surface area (Å²) in [6.07, 6.45) is -3.97. The molecule has 1 amide bonds. The predicted molar refractivity (Wildman–Crippen MR) is 92.0 cm³/mol. The number of nitrogens with one attached hydrogen (secondary N) is 1. The Balaban J connectivity index is 0.00000529. The second-order valence-electron chi connectivity index (χ2n) is 6.57. The van der Waals surface area contributed by atoms with Gasteiger partial charge in [-0.2, -0.15) is 13.2 Å². The number of rotatable bonds is 6. The minimum Gasteiger partial charge on any atom is -0.349 e. The van der Waals surface area contributed by atoms with Gasteiger partial charge in [-0.3, -0.25) is 4.79 Å². The molecule has 0 aromatic heterocycles. The van der Waals surface area contributed by atoms with Crippen LogP contribution in [0.1, 0.15) is 38.8 Å². The second-order valence-corrected chi connectivity index (χ2v) is 6.57. The summed E-state index contributed by atoms with van der Waals surface area (Å²) in [5.74, 6) is -0.322. The van der Waals surface area contributed by atoms with Crippen LogP contribution in [0.3, 0.4) is 0 Å². The van der Waals surface area contributed by atoms with Crippen LogP contribution in [0.25, 0.3) is 0 Å². The van der Waals surface area contributed by atoms with Crippen LogP contribution in [0, 0.1) is 11.8 Å². The van der Waals surface area contributed by atoms with Crippen molar-refractivity contribution in [2.24, 2.45) is 17.6 Å². The van der Waals surface area contributed by atoms with Gasteiger partial charge in [-0.1, -0.05) is 32.9 Å². The lowest BCUT2D eigenvalue weighted by Gasteiger charge is -2.34. The van der Waals surface area contributed by atoms with Crippen molar-refractivity contribution in [3.8, 4) is 0 Å². The van der Waals surface area contributed by atoms with Crippen LogP contribution in [0.4, 0.5) is 13.2 Å². The lowest BCUT2D eigenvalue weighted by atomic mass is 9.87. The fraction of sp³-hybridized carbons (Fsp3) is 0.588. The summed E-state index contributed by atoms with van der Waals surface area (Å²) in [6.45, 7) is 7.93. The standard InChI is InChI=1S/C17H25F3N2O.ClH/c1-11(2)16(4,10-21)22-15(23)12(3)9-13-5-7-14(8-6-13)17(18,19)20;/h5-8,11-12H,9-10,21H2,1-4H3,(H,22,23);1H. The van der Waals surface area contributed by atoms with Gasteiger partial charge in [0.15, 0.2) is 0 Å². The Morgan fingerprint density at radius 2 is 1.67 bits per heavy atom. The molecule has 0 aliphatic rings. The number of amides is 1. The van der Waals surface area contributed by atoms with Crippen molar-refractivity contribution in [2.75, 3.05) is 6.54 Å². The third-order valence-corrected chi connectivity index (χ3v) is 4.38. The monoisotopic (exact) mass is 366 g/mol. The summed E-state index contributed by atoms with van der Waals surface area (Å²) in [4.78, 5) is 12.3. The van der Waals surface area contributed by atoms with Gasteiger partial charge in [0.05, 0.1) is 11.1 Å². The molecular formula is C17H26ClF3N2O. The minimum atomic E-state index is -4.35.